The van der Waals surface area contributed by atoms with Gasteiger partial charge in [0, 0.05) is 44.9 Å². The van der Waals surface area contributed by atoms with Crippen molar-refractivity contribution >= 4 is 35.6 Å². The predicted molar refractivity (Wildman–Crippen MR) is 238 cm³/mol. The minimum Gasteiger partial charge on any atom is -0.481 e. The molecule has 0 bridgehead atoms. The first kappa shape index (κ1) is 58.4. The number of unbranched alkanes of at least 4 members (excludes halogenated alkanes) is 16. The Morgan fingerprint density at radius 1 is 0.484 bits per heavy atom. The van der Waals surface area contributed by atoms with Crippen LogP contribution in [-0.2, 0) is 47.7 Å². The number of amides is 4. The molecule has 0 heterocycles. The van der Waals surface area contributed by atoms with E-state index in [-0.39, 0.29) is 115 Å². The van der Waals surface area contributed by atoms with E-state index in [1.54, 1.807) is 0 Å². The van der Waals surface area contributed by atoms with Gasteiger partial charge in [0.2, 0.25) is 23.6 Å². The van der Waals surface area contributed by atoms with E-state index in [1.807, 2.05) is 6.92 Å². The summed E-state index contributed by atoms with van der Waals surface area (Å²) in [6, 6.07) is -1.14. The normalized spacial score (nSPS) is 12.0. The molecule has 8 N–H and O–H groups in total. The highest BCUT2D eigenvalue weighted by Gasteiger charge is 2.21. The lowest BCUT2D eigenvalue weighted by Crippen LogP contribution is -2.41. The fourth-order valence-corrected chi connectivity index (χ4v) is 6.28. The Morgan fingerprint density at radius 3 is 1.35 bits per heavy atom. The van der Waals surface area contributed by atoms with E-state index >= 15 is 0 Å². The molecule has 17 heteroatoms. The van der Waals surface area contributed by atoms with Crippen molar-refractivity contribution in [3.8, 4) is 0 Å². The van der Waals surface area contributed by atoms with Gasteiger partial charge in [-0.3, -0.25) is 24.0 Å². The third kappa shape index (κ3) is 41.7. The Balaban J connectivity index is 3.63. The molecule has 1 unspecified atom stereocenters. The van der Waals surface area contributed by atoms with Crippen LogP contribution in [-0.4, -0.2) is 130 Å². The van der Waals surface area contributed by atoms with Crippen LogP contribution in [0.3, 0.4) is 0 Å². The van der Waals surface area contributed by atoms with Gasteiger partial charge in [-0.1, -0.05) is 102 Å². The number of carbonyl (C=O) groups is 6. The molecule has 0 aliphatic carbocycles. The smallest absolute Gasteiger partial charge is 0.326 e. The van der Waals surface area contributed by atoms with Gasteiger partial charge in [0.15, 0.2) is 0 Å². The molecule has 2 atom stereocenters. The summed E-state index contributed by atoms with van der Waals surface area (Å²) in [5.74, 6) is -3.04. The summed E-state index contributed by atoms with van der Waals surface area (Å²) in [6.07, 6.45) is 20.9. The molecule has 0 saturated carbocycles. The molecule has 4 amide bonds. The molecule has 0 aliphatic heterocycles. The Bertz CT molecular complexity index is 1210. The SMILES string of the molecule is C=C(C)C(N)CCCCNC(=O)COCCOCCNC(=O)COCCOCCNC(=O)CC[C@H](NC(=O)CCCCCCCCCCCCCCCCCCC(=O)O)C(=O)O. The topological polar surface area (TPSA) is 254 Å². The standard InChI is InChI=1S/C45H83N5O12/c1-37(2)38(46)21-19-20-26-47-42(53)35-61-33-32-60-30-28-49-43(54)36-62-34-31-59-29-27-48-40(51)25-24-39(45(57)58)50-41(52)22-17-15-13-11-9-7-5-3-4-6-8-10-12-14-16-18-23-44(55)56/h38-39H,1,3-36,46H2,2H3,(H,47,53)(H,48,51)(H,49,54)(H,50,52)(H,55,56)(H,57,58)/t38?,39-/m0/s1. The zero-order valence-corrected chi connectivity index (χ0v) is 38.0. The molecule has 0 aromatic carbocycles. The van der Waals surface area contributed by atoms with Gasteiger partial charge in [-0.15, -0.1) is 0 Å². The highest BCUT2D eigenvalue weighted by atomic mass is 16.5. The molecule has 0 rings (SSSR count). The summed E-state index contributed by atoms with van der Waals surface area (Å²) >= 11 is 0. The van der Waals surface area contributed by atoms with Crippen molar-refractivity contribution in [2.45, 2.75) is 167 Å². The van der Waals surface area contributed by atoms with Crippen molar-refractivity contribution in [1.29, 1.82) is 0 Å². The average Bonchev–Trinajstić information content (AvgIpc) is 3.23. The third-order valence-electron chi connectivity index (χ3n) is 10.1. The Labute approximate surface area is 371 Å². The van der Waals surface area contributed by atoms with Crippen molar-refractivity contribution < 1.29 is 57.9 Å². The van der Waals surface area contributed by atoms with Crippen LogP contribution >= 0.6 is 0 Å². The number of ether oxygens (including phenoxy) is 4. The van der Waals surface area contributed by atoms with Crippen molar-refractivity contribution in [2.75, 3.05) is 72.5 Å². The summed E-state index contributed by atoms with van der Waals surface area (Å²) in [4.78, 5) is 70.4. The summed E-state index contributed by atoms with van der Waals surface area (Å²) < 4.78 is 21.4. The van der Waals surface area contributed by atoms with E-state index in [0.717, 1.165) is 63.4 Å². The molecular formula is C45H83N5O12. The fraction of sp³-hybridized carbons (Fsp3) is 0.822. The van der Waals surface area contributed by atoms with Gasteiger partial charge in [-0.05, 0) is 45.4 Å². The number of hydrogen-bond acceptors (Lipinski definition) is 11. The molecular weight excluding hydrogens is 803 g/mol. The van der Waals surface area contributed by atoms with Crippen molar-refractivity contribution in [3.05, 3.63) is 12.2 Å². The van der Waals surface area contributed by atoms with Crippen LogP contribution in [0.2, 0.25) is 0 Å². The van der Waals surface area contributed by atoms with E-state index in [1.165, 1.54) is 57.8 Å². The maximum absolute atomic E-state index is 12.3. The van der Waals surface area contributed by atoms with Gasteiger partial charge < -0.3 is 56.2 Å². The van der Waals surface area contributed by atoms with Crippen molar-refractivity contribution in [3.63, 3.8) is 0 Å². The lowest BCUT2D eigenvalue weighted by Gasteiger charge is -2.14. The van der Waals surface area contributed by atoms with Gasteiger partial charge >= 0.3 is 11.9 Å². The Kier molecular flexibility index (Phi) is 40.1. The monoisotopic (exact) mass is 886 g/mol. The second kappa shape index (κ2) is 42.7. The van der Waals surface area contributed by atoms with E-state index in [2.05, 4.69) is 27.8 Å². The molecule has 0 aromatic heterocycles. The van der Waals surface area contributed by atoms with Crippen LogP contribution in [0.5, 0.6) is 0 Å². The van der Waals surface area contributed by atoms with Crippen LogP contribution in [0.15, 0.2) is 12.2 Å². The molecule has 360 valence electrons. The molecule has 0 saturated heterocycles. The first-order valence-corrected chi connectivity index (χ1v) is 23.2. The van der Waals surface area contributed by atoms with E-state index in [9.17, 15) is 33.9 Å². The van der Waals surface area contributed by atoms with Gasteiger partial charge in [-0.2, -0.15) is 0 Å². The second-order valence-corrected chi connectivity index (χ2v) is 15.9. The highest BCUT2D eigenvalue weighted by Crippen LogP contribution is 2.14. The number of rotatable bonds is 46. The van der Waals surface area contributed by atoms with Crippen molar-refractivity contribution in [2.24, 2.45) is 5.73 Å². The number of hydrogen-bond donors (Lipinski definition) is 7. The molecule has 0 aromatic rings. The van der Waals surface area contributed by atoms with Gasteiger partial charge in [-0.25, -0.2) is 4.79 Å². The van der Waals surface area contributed by atoms with E-state index in [0.29, 0.717) is 19.5 Å². The fourth-order valence-electron chi connectivity index (χ4n) is 6.28. The summed E-state index contributed by atoms with van der Waals surface area (Å²) in [7, 11) is 0. The van der Waals surface area contributed by atoms with Crippen LogP contribution in [0.1, 0.15) is 155 Å². The maximum atomic E-state index is 12.3. The molecule has 0 fully saturated rings. The minimum atomic E-state index is -1.18. The molecule has 0 aliphatic rings. The molecule has 62 heavy (non-hydrogen) atoms. The van der Waals surface area contributed by atoms with Crippen LogP contribution < -0.4 is 27.0 Å². The highest BCUT2D eigenvalue weighted by molar-refractivity contribution is 5.84. The summed E-state index contributed by atoms with van der Waals surface area (Å²) in [5, 5.41) is 28.9. The lowest BCUT2D eigenvalue weighted by molar-refractivity contribution is -0.142. The zero-order valence-electron chi connectivity index (χ0n) is 38.0. The number of carbonyl (C=O) groups excluding carboxylic acids is 4. The molecule has 0 radical (unpaired) electrons. The number of aliphatic carboxylic acids is 2. The van der Waals surface area contributed by atoms with Gasteiger partial charge in [0.25, 0.3) is 0 Å². The van der Waals surface area contributed by atoms with Gasteiger partial charge in [0.05, 0.1) is 39.6 Å². The van der Waals surface area contributed by atoms with Crippen molar-refractivity contribution in [1.82, 2.24) is 21.3 Å². The minimum absolute atomic E-state index is 0.00728. The quantitative estimate of drug-likeness (QED) is 0.0317. The average molecular weight is 886 g/mol. The van der Waals surface area contributed by atoms with E-state index < -0.39 is 18.0 Å². The van der Waals surface area contributed by atoms with Gasteiger partial charge in [0.1, 0.15) is 19.3 Å². The second-order valence-electron chi connectivity index (χ2n) is 15.9. The Morgan fingerprint density at radius 2 is 0.903 bits per heavy atom. The summed E-state index contributed by atoms with van der Waals surface area (Å²) in [6.45, 7) is 8.03. The number of nitrogens with one attached hydrogen (secondary N) is 4. The zero-order chi connectivity index (χ0) is 45.9. The predicted octanol–water partition coefficient (Wildman–Crippen LogP) is 4.93. The van der Waals surface area contributed by atoms with Crippen LogP contribution in [0.4, 0.5) is 0 Å². The number of nitrogens with two attached hydrogens (primary N) is 1. The third-order valence-corrected chi connectivity index (χ3v) is 10.1. The van der Waals surface area contributed by atoms with Crippen LogP contribution in [0.25, 0.3) is 0 Å². The van der Waals surface area contributed by atoms with Crippen LogP contribution in [0, 0.1) is 0 Å². The molecule has 0 spiro atoms. The number of carboxylic acid groups (broad SMARTS) is 2. The first-order chi connectivity index (χ1) is 29.9. The molecule has 17 nitrogen and oxygen atoms in total. The first-order valence-electron chi connectivity index (χ1n) is 23.2. The Hall–Kier alpha value is -3.64. The van der Waals surface area contributed by atoms with E-state index in [4.69, 9.17) is 29.8 Å². The lowest BCUT2D eigenvalue weighted by atomic mass is 10.0. The number of carboxylic acids is 2. The maximum Gasteiger partial charge on any atom is 0.326 e. The largest absolute Gasteiger partial charge is 0.481 e. The summed E-state index contributed by atoms with van der Waals surface area (Å²) in [5.41, 5.74) is 6.88.